The molecule has 4 heterocycles. The Morgan fingerprint density at radius 3 is 2.03 bits per heavy atom. The van der Waals surface area contributed by atoms with Crippen LogP contribution in [0.15, 0.2) is 213 Å². The molecule has 0 aliphatic carbocycles. The van der Waals surface area contributed by atoms with E-state index in [0.29, 0.717) is 0 Å². The predicted octanol–water partition coefficient (Wildman–Crippen LogP) is 15.5. The lowest BCUT2D eigenvalue weighted by Gasteiger charge is -2.27. The third kappa shape index (κ3) is 5.90. The molecule has 2 aliphatic heterocycles. The summed E-state index contributed by atoms with van der Waals surface area (Å²) in [5.74, 6) is 1.62. The van der Waals surface area contributed by atoms with Gasteiger partial charge >= 0.3 is 0 Å². The maximum Gasteiger partial charge on any atom is 0.136 e. The SMILES string of the molecule is C1=Cc2c(ccc(-c3ccccc3)c2Nc2cc(-c3cccnc3)cc(-n3c4c(c5ccccc53)-c3ccccc3N(c3ccccc3)c3ccccc3-4)c2)Oc2ccccc21. The first-order valence-electron chi connectivity index (χ1n) is 20.9. The number of aromatic nitrogens is 2. The number of benzene rings is 8. The second-order valence-electron chi connectivity index (χ2n) is 15.7. The minimum atomic E-state index is 0.789. The Bertz CT molecular complexity index is 3350. The summed E-state index contributed by atoms with van der Waals surface area (Å²) in [4.78, 5) is 6.98. The molecule has 5 nitrogen and oxygen atoms in total. The van der Waals surface area contributed by atoms with E-state index in [9.17, 15) is 0 Å². The molecule has 10 aromatic rings. The van der Waals surface area contributed by atoms with Crippen LogP contribution in [0.2, 0.25) is 0 Å². The van der Waals surface area contributed by atoms with Gasteiger partial charge < -0.3 is 19.5 Å². The van der Waals surface area contributed by atoms with E-state index in [0.717, 1.165) is 95.8 Å². The Hall–Kier alpha value is -8.41. The van der Waals surface area contributed by atoms with Crippen molar-refractivity contribution in [1.29, 1.82) is 0 Å². The smallest absolute Gasteiger partial charge is 0.136 e. The number of para-hydroxylation sites is 5. The molecule has 0 bridgehead atoms. The minimum absolute atomic E-state index is 0.789. The summed E-state index contributed by atoms with van der Waals surface area (Å²) in [5, 5.41) is 5.18. The lowest BCUT2D eigenvalue weighted by atomic mass is 9.97. The fourth-order valence-electron chi connectivity index (χ4n) is 9.28. The minimum Gasteiger partial charge on any atom is -0.456 e. The van der Waals surface area contributed by atoms with Crippen LogP contribution in [-0.2, 0) is 0 Å². The number of nitrogens with zero attached hydrogens (tertiary/aromatic N) is 3. The molecule has 0 radical (unpaired) electrons. The highest BCUT2D eigenvalue weighted by Crippen LogP contribution is 2.54. The van der Waals surface area contributed by atoms with Crippen molar-refractivity contribution in [3.8, 4) is 61.8 Å². The zero-order valence-electron chi connectivity index (χ0n) is 33.6. The first-order chi connectivity index (χ1) is 30.8. The summed E-state index contributed by atoms with van der Waals surface area (Å²) < 4.78 is 9.11. The number of hydrogen-bond donors (Lipinski definition) is 1. The molecule has 12 rings (SSSR count). The predicted molar refractivity (Wildman–Crippen MR) is 256 cm³/mol. The van der Waals surface area contributed by atoms with E-state index in [2.05, 4.69) is 208 Å². The summed E-state index contributed by atoms with van der Waals surface area (Å²) in [7, 11) is 0. The van der Waals surface area contributed by atoms with Gasteiger partial charge in [-0.2, -0.15) is 0 Å². The Morgan fingerprint density at radius 2 is 1.19 bits per heavy atom. The maximum atomic E-state index is 6.65. The number of fused-ring (bicyclic) bond motifs is 9. The summed E-state index contributed by atoms with van der Waals surface area (Å²) in [6.45, 7) is 0. The van der Waals surface area contributed by atoms with Crippen molar-refractivity contribution in [1.82, 2.24) is 9.55 Å². The van der Waals surface area contributed by atoms with Crippen LogP contribution in [0.4, 0.5) is 28.4 Å². The van der Waals surface area contributed by atoms with Gasteiger partial charge in [0.15, 0.2) is 0 Å². The Labute approximate surface area is 360 Å². The van der Waals surface area contributed by atoms with Crippen LogP contribution in [0.25, 0.3) is 73.4 Å². The second-order valence-corrected chi connectivity index (χ2v) is 15.7. The van der Waals surface area contributed by atoms with Crippen LogP contribution >= 0.6 is 0 Å². The van der Waals surface area contributed by atoms with Gasteiger partial charge in [-0.1, -0.05) is 133 Å². The Morgan fingerprint density at radius 1 is 0.484 bits per heavy atom. The van der Waals surface area contributed by atoms with Gasteiger partial charge in [-0.15, -0.1) is 0 Å². The average molecular weight is 795 g/mol. The molecule has 0 fully saturated rings. The largest absolute Gasteiger partial charge is 0.456 e. The molecule has 5 heteroatoms. The highest BCUT2D eigenvalue weighted by atomic mass is 16.5. The molecular formula is C57H38N4O. The Kier molecular flexibility index (Phi) is 8.42. The second kappa shape index (κ2) is 14.7. The van der Waals surface area contributed by atoms with Gasteiger partial charge in [0.05, 0.1) is 28.3 Å². The van der Waals surface area contributed by atoms with E-state index >= 15 is 0 Å². The number of hydrogen-bond acceptors (Lipinski definition) is 4. The highest BCUT2D eigenvalue weighted by molar-refractivity contribution is 6.13. The summed E-state index contributed by atoms with van der Waals surface area (Å²) in [5.41, 5.74) is 18.3. The normalized spacial score (nSPS) is 12.2. The molecule has 0 atom stereocenters. The number of pyridine rings is 1. The van der Waals surface area contributed by atoms with E-state index in [1.54, 1.807) is 0 Å². The van der Waals surface area contributed by atoms with E-state index in [4.69, 9.17) is 4.74 Å². The lowest BCUT2D eigenvalue weighted by molar-refractivity contribution is 0.482. The van der Waals surface area contributed by atoms with Crippen molar-refractivity contribution in [3.63, 3.8) is 0 Å². The average Bonchev–Trinajstić information content (AvgIpc) is 3.47. The van der Waals surface area contributed by atoms with Crippen molar-refractivity contribution in [2.45, 2.75) is 0 Å². The molecule has 0 spiro atoms. The van der Waals surface area contributed by atoms with Gasteiger partial charge in [-0.05, 0) is 90.0 Å². The quantitative estimate of drug-likeness (QED) is 0.182. The first kappa shape index (κ1) is 35.5. The summed E-state index contributed by atoms with van der Waals surface area (Å²) in [6, 6.07) is 71.1. The third-order valence-corrected chi connectivity index (χ3v) is 12.0. The summed E-state index contributed by atoms with van der Waals surface area (Å²) >= 11 is 0. The highest BCUT2D eigenvalue weighted by Gasteiger charge is 2.31. The first-order valence-corrected chi connectivity index (χ1v) is 20.9. The fourth-order valence-corrected chi connectivity index (χ4v) is 9.28. The third-order valence-electron chi connectivity index (χ3n) is 12.0. The fraction of sp³-hybridized carbons (Fsp3) is 0. The van der Waals surface area contributed by atoms with Crippen LogP contribution in [-0.4, -0.2) is 9.55 Å². The number of anilines is 5. The van der Waals surface area contributed by atoms with Crippen LogP contribution in [0.3, 0.4) is 0 Å². The molecule has 0 saturated carbocycles. The molecule has 0 amide bonds. The van der Waals surface area contributed by atoms with Gasteiger partial charge in [-0.3, -0.25) is 4.98 Å². The lowest BCUT2D eigenvalue weighted by Crippen LogP contribution is -2.11. The molecule has 292 valence electrons. The molecule has 1 N–H and O–H groups in total. The van der Waals surface area contributed by atoms with Crippen molar-refractivity contribution < 1.29 is 4.74 Å². The van der Waals surface area contributed by atoms with Crippen LogP contribution in [0.1, 0.15) is 11.1 Å². The molecule has 8 aromatic carbocycles. The van der Waals surface area contributed by atoms with E-state index in [-0.39, 0.29) is 0 Å². The monoisotopic (exact) mass is 794 g/mol. The number of nitrogens with one attached hydrogen (secondary N) is 1. The number of rotatable bonds is 6. The zero-order chi connectivity index (χ0) is 41.0. The van der Waals surface area contributed by atoms with Crippen molar-refractivity contribution in [2.24, 2.45) is 0 Å². The van der Waals surface area contributed by atoms with Gasteiger partial charge in [0, 0.05) is 73.8 Å². The van der Waals surface area contributed by atoms with Gasteiger partial charge in [0.25, 0.3) is 0 Å². The van der Waals surface area contributed by atoms with Gasteiger partial charge in [0.2, 0.25) is 0 Å². The van der Waals surface area contributed by atoms with E-state index in [1.807, 2.05) is 36.7 Å². The maximum absolute atomic E-state index is 6.65. The molecule has 2 aliphatic rings. The number of ether oxygens (including phenoxy) is 1. The standard InChI is InChI=1S/C57H38N4O/c1-3-16-38(17-4-1)45-31-32-54-49(30-29-39-18-7-14-28-53(39)62-54)56(45)59-42-34-41(40-19-15-33-58-37-40)35-44(36-42)61-51-26-12-9-23-47(51)55-46-22-8-11-25-50(46)60(43-20-5-2-6-21-43)52-27-13-10-24-48(52)57(55)61/h1-37,59H. The van der Waals surface area contributed by atoms with Gasteiger partial charge in [0.1, 0.15) is 11.5 Å². The van der Waals surface area contributed by atoms with Crippen molar-refractivity contribution >= 4 is 51.5 Å². The van der Waals surface area contributed by atoms with Gasteiger partial charge in [-0.25, -0.2) is 0 Å². The molecule has 62 heavy (non-hydrogen) atoms. The molecule has 2 aromatic heterocycles. The topological polar surface area (TPSA) is 42.3 Å². The molecular weight excluding hydrogens is 757 g/mol. The van der Waals surface area contributed by atoms with Crippen LogP contribution in [0.5, 0.6) is 11.5 Å². The van der Waals surface area contributed by atoms with Crippen LogP contribution in [0, 0.1) is 0 Å². The van der Waals surface area contributed by atoms with Crippen molar-refractivity contribution in [3.05, 3.63) is 224 Å². The van der Waals surface area contributed by atoms with E-state index in [1.165, 1.54) is 16.5 Å². The van der Waals surface area contributed by atoms with Crippen LogP contribution < -0.4 is 15.0 Å². The Balaban J connectivity index is 1.13. The zero-order valence-corrected chi connectivity index (χ0v) is 33.6. The molecule has 0 saturated heterocycles. The van der Waals surface area contributed by atoms with Crippen molar-refractivity contribution in [2.75, 3.05) is 10.2 Å². The molecule has 0 unspecified atom stereocenters. The summed E-state index contributed by atoms with van der Waals surface area (Å²) in [6.07, 6.45) is 8.09. The van der Waals surface area contributed by atoms with E-state index < -0.39 is 0 Å².